The molecule has 0 spiro atoms. The minimum absolute atomic E-state index is 0.0347. The second-order valence-electron chi connectivity index (χ2n) is 25.9. The SMILES string of the molecule is CC(=O)N1CC=C(c2c[nH]c3cc(F)cc(F)c23)CC1.CC(=O)N1CCC(c2c[nH]c3cc(F)cc(F)c23)CC1.CC(=O)N1CCC(c2c[nH]c3cc(F)ccc23)CC1.CC(=O)N1CCC(c2c[nH]c3cnccc23)CC1.COc1ccc2[nH]cc(C3CCN(C(C)=O)CC3)c2c1. The van der Waals surface area contributed by atoms with Crippen LogP contribution in [0.5, 0.6) is 5.75 Å². The number of nitrogens with zero attached hydrogens (tertiary/aromatic N) is 6. The number of likely N-dealkylation sites (tertiary alicyclic amines) is 4. The van der Waals surface area contributed by atoms with Crippen LogP contribution in [0.1, 0.15) is 144 Å². The maximum absolute atomic E-state index is 14.0. The van der Waals surface area contributed by atoms with E-state index in [0.29, 0.717) is 72.2 Å². The van der Waals surface area contributed by atoms with Crippen molar-refractivity contribution in [2.45, 2.75) is 116 Å². The number of halogens is 5. The van der Waals surface area contributed by atoms with Gasteiger partial charge in [0.1, 0.15) is 34.8 Å². The van der Waals surface area contributed by atoms with E-state index in [-0.39, 0.29) is 41.3 Å². The van der Waals surface area contributed by atoms with Crippen molar-refractivity contribution in [2.24, 2.45) is 0 Å². The lowest BCUT2D eigenvalue weighted by Crippen LogP contribution is -2.36. The van der Waals surface area contributed by atoms with E-state index in [0.717, 1.165) is 147 Å². The van der Waals surface area contributed by atoms with Gasteiger partial charge in [-0.15, -0.1) is 0 Å². The molecule has 0 aliphatic carbocycles. The third-order valence-electron chi connectivity index (χ3n) is 20.1. The average molecular weight is 1330 g/mol. The fourth-order valence-electron chi connectivity index (χ4n) is 14.6. The number of hydrogen-bond donors (Lipinski definition) is 5. The first-order valence-electron chi connectivity index (χ1n) is 33.4. The first-order chi connectivity index (χ1) is 46.7. The highest BCUT2D eigenvalue weighted by atomic mass is 19.1. The normalized spacial score (nSPS) is 16.6. The van der Waals surface area contributed by atoms with Crippen LogP contribution in [0.3, 0.4) is 0 Å². The summed E-state index contributed by atoms with van der Waals surface area (Å²) in [6, 6.07) is 17.5. The van der Waals surface area contributed by atoms with Gasteiger partial charge >= 0.3 is 0 Å². The summed E-state index contributed by atoms with van der Waals surface area (Å²) in [6.07, 6.45) is 23.7. The summed E-state index contributed by atoms with van der Waals surface area (Å²) < 4.78 is 72.8. The molecule has 0 unspecified atom stereocenters. The quantitative estimate of drug-likeness (QED) is 0.102. The molecule has 4 saturated heterocycles. The van der Waals surface area contributed by atoms with Gasteiger partial charge in [0.2, 0.25) is 29.5 Å². The van der Waals surface area contributed by atoms with E-state index in [2.05, 4.69) is 60.5 Å². The molecule has 0 bridgehead atoms. The van der Waals surface area contributed by atoms with Crippen LogP contribution in [-0.4, -0.2) is 156 Å². The van der Waals surface area contributed by atoms with Crippen molar-refractivity contribution < 1.29 is 50.7 Å². The van der Waals surface area contributed by atoms with Crippen LogP contribution in [0.25, 0.3) is 60.1 Å². The molecule has 510 valence electrons. The van der Waals surface area contributed by atoms with Crippen molar-refractivity contribution in [1.82, 2.24) is 54.4 Å². The second-order valence-corrected chi connectivity index (χ2v) is 25.9. The molecule has 0 atom stereocenters. The largest absolute Gasteiger partial charge is 0.497 e. The summed E-state index contributed by atoms with van der Waals surface area (Å²) in [5, 5.41) is 4.50. The van der Waals surface area contributed by atoms with E-state index >= 15 is 0 Å². The number of benzene rings is 4. The number of hydrogen-bond acceptors (Lipinski definition) is 7. The van der Waals surface area contributed by atoms with Gasteiger partial charge in [0.05, 0.1) is 29.9 Å². The van der Waals surface area contributed by atoms with Crippen LogP contribution in [-0.2, 0) is 24.0 Å². The predicted molar refractivity (Wildman–Crippen MR) is 367 cm³/mol. The molecule has 5 N–H and O–H groups in total. The number of aromatic nitrogens is 6. The number of fused-ring (bicyclic) bond motifs is 5. The van der Waals surface area contributed by atoms with Gasteiger partial charge in [0.15, 0.2) is 0 Å². The molecule has 0 radical (unpaired) electrons. The zero-order valence-corrected chi connectivity index (χ0v) is 55.7. The molecule has 10 aromatic rings. The maximum Gasteiger partial charge on any atom is 0.219 e. The molecule has 6 aromatic heterocycles. The Bertz CT molecular complexity index is 4500. The topological polar surface area (TPSA) is 203 Å². The van der Waals surface area contributed by atoms with Gasteiger partial charge in [-0.1, -0.05) is 6.08 Å². The summed E-state index contributed by atoms with van der Waals surface area (Å²) >= 11 is 0. The highest BCUT2D eigenvalue weighted by Gasteiger charge is 2.29. The van der Waals surface area contributed by atoms with Crippen molar-refractivity contribution in [1.29, 1.82) is 0 Å². The lowest BCUT2D eigenvalue weighted by Gasteiger charge is -2.31. The van der Waals surface area contributed by atoms with E-state index in [9.17, 15) is 45.9 Å². The summed E-state index contributed by atoms with van der Waals surface area (Å²) in [4.78, 5) is 85.6. The molecular weight excluding hydrogens is 1250 g/mol. The molecule has 4 aromatic carbocycles. The lowest BCUT2D eigenvalue weighted by atomic mass is 9.89. The fourth-order valence-corrected chi connectivity index (χ4v) is 14.6. The van der Waals surface area contributed by atoms with Crippen molar-refractivity contribution in [3.05, 3.63) is 173 Å². The van der Waals surface area contributed by atoms with Gasteiger partial charge in [-0.25, -0.2) is 22.0 Å². The molecule has 22 heteroatoms. The van der Waals surface area contributed by atoms with Crippen LogP contribution in [0.15, 0.2) is 116 Å². The number of aromatic amines is 5. The number of methoxy groups -OCH3 is 1. The number of amides is 5. The first-order valence-corrected chi connectivity index (χ1v) is 33.4. The minimum atomic E-state index is -0.594. The molecular formula is C75H84F5N11O6. The smallest absolute Gasteiger partial charge is 0.219 e. The molecule has 5 amide bonds. The minimum Gasteiger partial charge on any atom is -0.497 e. The Morgan fingerprint density at radius 1 is 0.423 bits per heavy atom. The molecule has 5 aliphatic heterocycles. The van der Waals surface area contributed by atoms with E-state index in [1.54, 1.807) is 57.0 Å². The number of carbonyl (C=O) groups is 5. The highest BCUT2D eigenvalue weighted by Crippen LogP contribution is 2.39. The van der Waals surface area contributed by atoms with Crippen LogP contribution in [0, 0.1) is 29.1 Å². The summed E-state index contributed by atoms with van der Waals surface area (Å²) in [6.45, 7) is 15.6. The Labute approximate surface area is 559 Å². The number of rotatable bonds is 6. The highest BCUT2D eigenvalue weighted by molar-refractivity contribution is 5.94. The van der Waals surface area contributed by atoms with Gasteiger partial charge in [-0.3, -0.25) is 29.0 Å². The number of piperidine rings is 4. The van der Waals surface area contributed by atoms with E-state index in [1.807, 2.05) is 51.5 Å². The lowest BCUT2D eigenvalue weighted by molar-refractivity contribution is -0.130. The third kappa shape index (κ3) is 15.9. The van der Waals surface area contributed by atoms with Gasteiger partial charge in [-0.05, 0) is 164 Å². The zero-order valence-electron chi connectivity index (χ0n) is 55.7. The average Bonchev–Trinajstić information content (AvgIpc) is 1.71. The Hall–Kier alpha value is -9.73. The van der Waals surface area contributed by atoms with Gasteiger partial charge in [-0.2, -0.15) is 0 Å². The molecule has 4 fully saturated rings. The maximum atomic E-state index is 14.0. The Kier molecular flexibility index (Phi) is 21.6. The Morgan fingerprint density at radius 3 is 1.34 bits per heavy atom. The number of nitrogens with one attached hydrogen (secondary N) is 5. The Balaban J connectivity index is 0.000000123. The molecule has 17 nitrogen and oxygen atoms in total. The molecule has 0 saturated carbocycles. The van der Waals surface area contributed by atoms with E-state index in [4.69, 9.17) is 4.74 Å². The van der Waals surface area contributed by atoms with Crippen LogP contribution in [0.2, 0.25) is 0 Å². The number of pyridine rings is 1. The second kappa shape index (κ2) is 30.6. The summed E-state index contributed by atoms with van der Waals surface area (Å²) in [5.74, 6) is 0.794. The fraction of sp³-hybridized carbons (Fsp3) is 0.387. The zero-order chi connectivity index (χ0) is 68.6. The van der Waals surface area contributed by atoms with Crippen LogP contribution in [0.4, 0.5) is 22.0 Å². The summed E-state index contributed by atoms with van der Waals surface area (Å²) in [7, 11) is 1.69. The monoisotopic (exact) mass is 1330 g/mol. The summed E-state index contributed by atoms with van der Waals surface area (Å²) in [5.41, 5.74) is 10.6. The standard InChI is InChI=1S/C16H20N2O2.C15H16F2N2O.C15H14F2N2O.C15H17FN2O.C14H17N3O/c1-11(19)18-7-5-12(6-8-18)15-10-17-16-4-3-13(20-2)9-14(15)16;2*1-9(20)19-4-2-10(3-5-19)12-8-18-14-7-11(16)6-13(17)15(12)14;1-10(19)18-6-4-11(5-7-18)14-9-17-15-8-12(16)2-3-13(14)15;1-10(18)17-6-3-11(4-7-17)13-8-16-14-9-15-5-2-12(13)14/h3-4,9-10,12,17H,5-8H2,1-2H3;6-8,10,18H,2-5H2,1H3;2,6-8,18H,3-5H2,1H3;2-3,8-9,11,17H,4-7H2,1H3;2,5,8-9,11,16H,3-4,6-7H2,1H3. The number of ether oxygens (including phenoxy) is 1. The Morgan fingerprint density at radius 2 is 0.845 bits per heavy atom. The predicted octanol–water partition coefficient (Wildman–Crippen LogP) is 14.5. The van der Waals surface area contributed by atoms with Crippen molar-refractivity contribution >= 4 is 89.6 Å². The van der Waals surface area contributed by atoms with Crippen LogP contribution >= 0.6 is 0 Å². The number of H-pyrrole nitrogens is 5. The van der Waals surface area contributed by atoms with Crippen molar-refractivity contribution in [3.8, 4) is 5.75 Å². The van der Waals surface area contributed by atoms with Gasteiger partial charge in [0, 0.05) is 193 Å². The van der Waals surface area contributed by atoms with Gasteiger partial charge < -0.3 is 54.2 Å². The molecule has 15 rings (SSSR count). The van der Waals surface area contributed by atoms with Crippen LogP contribution < -0.4 is 4.74 Å². The first kappa shape index (κ1) is 68.6. The van der Waals surface area contributed by atoms with E-state index < -0.39 is 23.3 Å². The van der Waals surface area contributed by atoms with Gasteiger partial charge in [0.25, 0.3) is 0 Å². The van der Waals surface area contributed by atoms with E-state index in [1.165, 1.54) is 58.7 Å². The third-order valence-corrected chi connectivity index (χ3v) is 20.1. The number of carbonyl (C=O) groups excluding carboxylic acids is 5. The van der Waals surface area contributed by atoms with Crippen molar-refractivity contribution in [3.63, 3.8) is 0 Å². The van der Waals surface area contributed by atoms with Crippen molar-refractivity contribution in [2.75, 3.05) is 72.6 Å². The molecule has 11 heterocycles. The molecule has 97 heavy (non-hydrogen) atoms. The molecule has 5 aliphatic rings.